The Morgan fingerprint density at radius 1 is 1.48 bits per heavy atom. The molecule has 1 aliphatic rings. The fraction of sp³-hybridized carbons (Fsp3) is 0.308. The lowest BCUT2D eigenvalue weighted by molar-refractivity contribution is -0.136. The van der Waals surface area contributed by atoms with Crippen LogP contribution in [0.25, 0.3) is 0 Å². The van der Waals surface area contributed by atoms with Crippen LogP contribution in [0, 0.1) is 5.82 Å². The maximum absolute atomic E-state index is 12.9. The highest BCUT2D eigenvalue weighted by Gasteiger charge is 2.32. The molecule has 0 aromatic heterocycles. The zero-order valence-electron chi connectivity index (χ0n) is 11.1. The van der Waals surface area contributed by atoms with Crippen molar-refractivity contribution < 1.29 is 23.5 Å². The first-order valence-corrected chi connectivity index (χ1v) is 6.53. The predicted molar refractivity (Wildman–Crippen MR) is 71.4 cm³/mol. The largest absolute Gasteiger partial charge is 0.449 e. The Bertz CT molecular complexity index is 608. The van der Waals surface area contributed by atoms with Gasteiger partial charge in [-0.2, -0.15) is 0 Å². The molecule has 6 nitrogen and oxygen atoms in total. The van der Waals surface area contributed by atoms with Crippen LogP contribution in [0.5, 0.6) is 0 Å². The SMILES string of the molecule is CC(OC(=O)c1ccc(F)cc1Cl)C(=O)N1CCNC1=O. The van der Waals surface area contributed by atoms with Crippen molar-refractivity contribution in [2.75, 3.05) is 13.1 Å². The molecule has 1 unspecified atom stereocenters. The fourth-order valence-electron chi connectivity index (χ4n) is 1.83. The third-order valence-electron chi connectivity index (χ3n) is 2.91. The zero-order valence-corrected chi connectivity index (χ0v) is 11.8. The number of urea groups is 1. The van der Waals surface area contributed by atoms with Crippen molar-refractivity contribution in [2.45, 2.75) is 13.0 Å². The Kier molecular flexibility index (Phi) is 4.42. The van der Waals surface area contributed by atoms with E-state index in [1.165, 1.54) is 13.0 Å². The van der Waals surface area contributed by atoms with Gasteiger partial charge in [0.15, 0.2) is 6.10 Å². The summed E-state index contributed by atoms with van der Waals surface area (Å²) >= 11 is 5.74. The van der Waals surface area contributed by atoms with Crippen molar-refractivity contribution in [3.8, 4) is 0 Å². The average molecular weight is 315 g/mol. The number of imide groups is 1. The number of carbonyl (C=O) groups excluding carboxylic acids is 3. The molecule has 3 amide bonds. The third kappa shape index (κ3) is 3.30. The minimum Gasteiger partial charge on any atom is -0.449 e. The Morgan fingerprint density at radius 3 is 2.76 bits per heavy atom. The van der Waals surface area contributed by atoms with Gasteiger partial charge in [-0.25, -0.2) is 14.0 Å². The van der Waals surface area contributed by atoms with Crippen LogP contribution in [-0.2, 0) is 9.53 Å². The van der Waals surface area contributed by atoms with Crippen molar-refractivity contribution >= 4 is 29.5 Å². The van der Waals surface area contributed by atoms with Crippen LogP contribution in [0.15, 0.2) is 18.2 Å². The molecule has 1 aromatic rings. The number of ether oxygens (including phenoxy) is 1. The van der Waals surface area contributed by atoms with Gasteiger partial charge in [-0.05, 0) is 25.1 Å². The molecule has 21 heavy (non-hydrogen) atoms. The lowest BCUT2D eigenvalue weighted by Gasteiger charge is -2.18. The molecular formula is C13H12ClFN2O4. The van der Waals surface area contributed by atoms with Crippen LogP contribution in [0.1, 0.15) is 17.3 Å². The van der Waals surface area contributed by atoms with Gasteiger partial charge in [0.2, 0.25) is 0 Å². The van der Waals surface area contributed by atoms with Crippen molar-refractivity contribution in [2.24, 2.45) is 0 Å². The van der Waals surface area contributed by atoms with Crippen LogP contribution in [-0.4, -0.2) is 42.0 Å². The van der Waals surface area contributed by atoms with Crippen molar-refractivity contribution in [1.29, 1.82) is 0 Å². The van der Waals surface area contributed by atoms with Gasteiger partial charge in [-0.1, -0.05) is 11.6 Å². The van der Waals surface area contributed by atoms with Crippen LogP contribution in [0.4, 0.5) is 9.18 Å². The van der Waals surface area contributed by atoms with Crippen LogP contribution in [0.2, 0.25) is 5.02 Å². The summed E-state index contributed by atoms with van der Waals surface area (Å²) in [6.07, 6.45) is -1.15. The number of esters is 1. The number of amides is 3. The summed E-state index contributed by atoms with van der Waals surface area (Å²) in [6.45, 7) is 1.93. The maximum atomic E-state index is 12.9. The second kappa shape index (κ2) is 6.09. The molecule has 0 aliphatic carbocycles. The van der Waals surface area contributed by atoms with Crippen LogP contribution in [0.3, 0.4) is 0 Å². The number of hydrogen-bond acceptors (Lipinski definition) is 4. The number of carbonyl (C=O) groups is 3. The standard InChI is InChI=1S/C13H12ClFN2O4/c1-7(11(18)17-5-4-16-13(17)20)21-12(19)9-3-2-8(15)6-10(9)14/h2-3,6-7H,4-5H2,1H3,(H,16,20). The topological polar surface area (TPSA) is 75.7 Å². The molecule has 1 fully saturated rings. The van der Waals surface area contributed by atoms with E-state index in [4.69, 9.17) is 16.3 Å². The fourth-order valence-corrected chi connectivity index (χ4v) is 2.08. The maximum Gasteiger partial charge on any atom is 0.340 e. The van der Waals surface area contributed by atoms with E-state index < -0.39 is 29.8 Å². The van der Waals surface area contributed by atoms with Gasteiger partial charge in [-0.3, -0.25) is 9.69 Å². The summed E-state index contributed by atoms with van der Waals surface area (Å²) in [5.41, 5.74) is -0.0522. The van der Waals surface area contributed by atoms with E-state index in [0.29, 0.717) is 6.54 Å². The van der Waals surface area contributed by atoms with Crippen molar-refractivity contribution in [1.82, 2.24) is 10.2 Å². The Hall–Kier alpha value is -2.15. The Labute approximate surface area is 124 Å². The predicted octanol–water partition coefficient (Wildman–Crippen LogP) is 1.58. The van der Waals surface area contributed by atoms with Crippen molar-refractivity contribution in [3.63, 3.8) is 0 Å². The van der Waals surface area contributed by atoms with E-state index in [1.807, 2.05) is 0 Å². The van der Waals surface area contributed by atoms with Crippen LogP contribution >= 0.6 is 11.6 Å². The van der Waals surface area contributed by atoms with E-state index >= 15 is 0 Å². The number of halogens is 2. The Balaban J connectivity index is 2.05. The minimum atomic E-state index is -1.15. The zero-order chi connectivity index (χ0) is 15.6. The van der Waals surface area contributed by atoms with E-state index in [-0.39, 0.29) is 17.1 Å². The van der Waals surface area contributed by atoms with Crippen LogP contribution < -0.4 is 5.32 Å². The van der Waals surface area contributed by atoms with Gasteiger partial charge < -0.3 is 10.1 Å². The van der Waals surface area contributed by atoms with Crippen molar-refractivity contribution in [3.05, 3.63) is 34.6 Å². The molecule has 1 heterocycles. The minimum absolute atomic E-state index is 0.0522. The van der Waals surface area contributed by atoms with E-state index in [0.717, 1.165) is 17.0 Å². The molecule has 2 rings (SSSR count). The van der Waals surface area contributed by atoms with Gasteiger partial charge in [0.25, 0.3) is 5.91 Å². The lowest BCUT2D eigenvalue weighted by Crippen LogP contribution is -2.41. The molecule has 0 bridgehead atoms. The molecule has 1 N–H and O–H groups in total. The first kappa shape index (κ1) is 15.2. The van der Waals surface area contributed by atoms with E-state index in [2.05, 4.69) is 5.32 Å². The van der Waals surface area contributed by atoms with Gasteiger partial charge in [-0.15, -0.1) is 0 Å². The number of nitrogens with zero attached hydrogens (tertiary/aromatic N) is 1. The lowest BCUT2D eigenvalue weighted by atomic mass is 10.2. The molecule has 112 valence electrons. The molecule has 0 radical (unpaired) electrons. The second-order valence-electron chi connectivity index (χ2n) is 4.39. The molecule has 1 atom stereocenters. The summed E-state index contributed by atoms with van der Waals surface area (Å²) in [7, 11) is 0. The highest BCUT2D eigenvalue weighted by atomic mass is 35.5. The summed E-state index contributed by atoms with van der Waals surface area (Å²) < 4.78 is 17.9. The highest BCUT2D eigenvalue weighted by molar-refractivity contribution is 6.33. The quantitative estimate of drug-likeness (QED) is 0.859. The van der Waals surface area contributed by atoms with E-state index in [9.17, 15) is 18.8 Å². The highest BCUT2D eigenvalue weighted by Crippen LogP contribution is 2.19. The molecule has 1 saturated heterocycles. The summed E-state index contributed by atoms with van der Waals surface area (Å²) in [6, 6.07) is 2.67. The number of hydrogen-bond donors (Lipinski definition) is 1. The molecule has 0 saturated carbocycles. The molecule has 0 spiro atoms. The van der Waals surface area contributed by atoms with E-state index in [1.54, 1.807) is 0 Å². The molecule has 1 aliphatic heterocycles. The second-order valence-corrected chi connectivity index (χ2v) is 4.80. The normalized spacial score (nSPS) is 15.6. The molecule has 1 aromatic carbocycles. The average Bonchev–Trinajstić information content (AvgIpc) is 2.83. The number of nitrogens with one attached hydrogen (secondary N) is 1. The summed E-state index contributed by atoms with van der Waals surface area (Å²) in [4.78, 5) is 36.2. The number of rotatable bonds is 3. The van der Waals surface area contributed by atoms with Gasteiger partial charge in [0.05, 0.1) is 10.6 Å². The molecular weight excluding hydrogens is 303 g/mol. The number of benzene rings is 1. The summed E-state index contributed by atoms with van der Waals surface area (Å²) in [5, 5.41) is 2.36. The smallest absolute Gasteiger partial charge is 0.340 e. The Morgan fingerprint density at radius 2 is 2.19 bits per heavy atom. The third-order valence-corrected chi connectivity index (χ3v) is 3.22. The first-order chi connectivity index (χ1) is 9.90. The van der Waals surface area contributed by atoms with Gasteiger partial charge >= 0.3 is 12.0 Å². The summed E-state index contributed by atoms with van der Waals surface area (Å²) in [5.74, 6) is -2.08. The monoisotopic (exact) mass is 314 g/mol. The molecule has 8 heteroatoms. The first-order valence-electron chi connectivity index (χ1n) is 6.15. The van der Waals surface area contributed by atoms with Gasteiger partial charge in [0.1, 0.15) is 5.82 Å². The van der Waals surface area contributed by atoms with Gasteiger partial charge in [0, 0.05) is 13.1 Å².